The zero-order valence-corrected chi connectivity index (χ0v) is 19.9. The van der Waals surface area contributed by atoms with Crippen LogP contribution in [0.2, 0.25) is 0 Å². The van der Waals surface area contributed by atoms with E-state index in [1.807, 2.05) is 24.3 Å². The Kier molecular flexibility index (Phi) is 6.79. The molecule has 2 unspecified atom stereocenters. The molecule has 0 saturated heterocycles. The third-order valence-corrected chi connectivity index (χ3v) is 6.19. The van der Waals surface area contributed by atoms with Gasteiger partial charge in [0.05, 0.1) is 11.3 Å². The van der Waals surface area contributed by atoms with Crippen molar-refractivity contribution >= 4 is 5.97 Å². The van der Waals surface area contributed by atoms with E-state index in [0.29, 0.717) is 23.5 Å². The number of carbonyl (C=O) groups is 1. The molecule has 0 bridgehead atoms. The first-order chi connectivity index (χ1) is 18.5. The van der Waals surface area contributed by atoms with Crippen LogP contribution < -0.4 is 9.47 Å². The number of halogens is 6. The van der Waals surface area contributed by atoms with Gasteiger partial charge in [-0.2, -0.15) is 13.2 Å². The topological polar surface area (TPSA) is 66.2 Å². The van der Waals surface area contributed by atoms with E-state index in [1.165, 1.54) is 47.4 Å². The fourth-order valence-electron chi connectivity index (χ4n) is 4.25. The van der Waals surface area contributed by atoms with Crippen molar-refractivity contribution in [3.05, 3.63) is 90.3 Å². The van der Waals surface area contributed by atoms with Crippen molar-refractivity contribution < 1.29 is 40.6 Å². The standard InChI is InChI=1S/C27H19F6N3O3/c28-26(29,30)22-3-1-2-4-23(22)38-24(37)14-18-13-21(18)16-5-7-17(8-6-16)25-34-15-36(35-25)19-9-11-20(12-10-19)39-27(31,32)33/h1-12,15,18,21H,13-14H2. The lowest BCUT2D eigenvalue weighted by Gasteiger charge is -2.12. The fraction of sp³-hybridized carbons (Fsp3) is 0.222. The van der Waals surface area contributed by atoms with Crippen LogP contribution >= 0.6 is 0 Å². The van der Waals surface area contributed by atoms with E-state index in [9.17, 15) is 31.1 Å². The van der Waals surface area contributed by atoms with Crippen molar-refractivity contribution in [1.29, 1.82) is 0 Å². The molecule has 0 amide bonds. The van der Waals surface area contributed by atoms with Crippen molar-refractivity contribution in [1.82, 2.24) is 14.8 Å². The molecular weight excluding hydrogens is 528 g/mol. The fourth-order valence-corrected chi connectivity index (χ4v) is 4.25. The summed E-state index contributed by atoms with van der Waals surface area (Å²) in [6, 6.07) is 17.1. The van der Waals surface area contributed by atoms with E-state index >= 15 is 0 Å². The molecule has 0 aliphatic heterocycles. The quantitative estimate of drug-likeness (QED) is 0.142. The molecule has 0 N–H and O–H groups in total. The van der Waals surface area contributed by atoms with Crippen LogP contribution in [0.15, 0.2) is 79.1 Å². The van der Waals surface area contributed by atoms with Crippen LogP contribution in [-0.4, -0.2) is 27.1 Å². The molecule has 2 atom stereocenters. The van der Waals surface area contributed by atoms with Crippen molar-refractivity contribution in [2.75, 3.05) is 0 Å². The monoisotopic (exact) mass is 547 g/mol. The molecular formula is C27H19F6N3O3. The number of aromatic nitrogens is 3. The minimum atomic E-state index is -4.78. The molecule has 1 saturated carbocycles. The average molecular weight is 547 g/mol. The first-order valence-corrected chi connectivity index (χ1v) is 11.7. The second-order valence-electron chi connectivity index (χ2n) is 8.95. The third-order valence-electron chi connectivity index (χ3n) is 6.19. The maximum Gasteiger partial charge on any atom is 0.573 e. The lowest BCUT2D eigenvalue weighted by molar-refractivity contribution is -0.274. The second-order valence-corrected chi connectivity index (χ2v) is 8.95. The number of rotatable bonds is 7. The zero-order chi connectivity index (χ0) is 27.8. The molecule has 4 aromatic rings. The van der Waals surface area contributed by atoms with Gasteiger partial charge in [-0.25, -0.2) is 9.67 Å². The van der Waals surface area contributed by atoms with Gasteiger partial charge in [0.2, 0.25) is 0 Å². The van der Waals surface area contributed by atoms with Crippen LogP contribution in [0.5, 0.6) is 11.5 Å². The Morgan fingerprint density at radius 1 is 0.923 bits per heavy atom. The van der Waals surface area contributed by atoms with Gasteiger partial charge in [-0.15, -0.1) is 18.3 Å². The Balaban J connectivity index is 1.18. The SMILES string of the molecule is O=C(CC1CC1c1ccc(-c2ncn(-c3ccc(OC(F)(F)F)cc3)n2)cc1)Oc1ccccc1C(F)(F)F. The number of esters is 1. The van der Waals surface area contributed by atoms with E-state index in [2.05, 4.69) is 14.8 Å². The number of hydrogen-bond acceptors (Lipinski definition) is 5. The molecule has 202 valence electrons. The smallest absolute Gasteiger partial charge is 0.426 e. The largest absolute Gasteiger partial charge is 0.573 e. The van der Waals surface area contributed by atoms with Crippen molar-refractivity contribution in [2.24, 2.45) is 5.92 Å². The lowest BCUT2D eigenvalue weighted by atomic mass is 10.1. The summed E-state index contributed by atoms with van der Waals surface area (Å²) in [4.78, 5) is 16.5. The summed E-state index contributed by atoms with van der Waals surface area (Å²) in [7, 11) is 0. The minimum absolute atomic E-state index is 0.00261. The predicted octanol–water partition coefficient (Wildman–Crippen LogP) is 6.95. The van der Waals surface area contributed by atoms with Gasteiger partial charge < -0.3 is 9.47 Å². The average Bonchev–Trinajstić information content (AvgIpc) is 3.45. The third kappa shape index (κ3) is 6.39. The molecule has 3 aromatic carbocycles. The summed E-state index contributed by atoms with van der Waals surface area (Å²) in [5.74, 6) is -1.13. The number of para-hydroxylation sites is 1. The van der Waals surface area contributed by atoms with Gasteiger partial charge in [0.15, 0.2) is 5.82 Å². The number of ether oxygens (including phenoxy) is 2. The molecule has 12 heteroatoms. The molecule has 5 rings (SSSR count). The van der Waals surface area contributed by atoms with E-state index in [4.69, 9.17) is 4.74 Å². The Morgan fingerprint density at radius 3 is 2.28 bits per heavy atom. The molecule has 1 heterocycles. The first kappa shape index (κ1) is 26.3. The Bertz CT molecular complexity index is 1460. The second kappa shape index (κ2) is 10.1. The van der Waals surface area contributed by atoms with Crippen molar-refractivity contribution in [2.45, 2.75) is 31.3 Å². The van der Waals surface area contributed by atoms with Gasteiger partial charge >= 0.3 is 18.5 Å². The van der Waals surface area contributed by atoms with E-state index in [1.54, 1.807) is 0 Å². The maximum absolute atomic E-state index is 13.1. The van der Waals surface area contributed by atoms with Crippen LogP contribution in [0.1, 0.15) is 29.9 Å². The highest BCUT2D eigenvalue weighted by Gasteiger charge is 2.41. The molecule has 39 heavy (non-hydrogen) atoms. The van der Waals surface area contributed by atoms with Crippen LogP contribution in [0.4, 0.5) is 26.3 Å². The highest BCUT2D eigenvalue weighted by atomic mass is 19.4. The summed E-state index contributed by atoms with van der Waals surface area (Å²) in [6.07, 6.45) is -7.27. The summed E-state index contributed by atoms with van der Waals surface area (Å²) in [6.45, 7) is 0. The Hall–Kier alpha value is -4.35. The molecule has 1 fully saturated rings. The summed E-state index contributed by atoms with van der Waals surface area (Å²) >= 11 is 0. The highest BCUT2D eigenvalue weighted by Crippen LogP contribution is 2.50. The highest BCUT2D eigenvalue weighted by molar-refractivity contribution is 5.74. The van der Waals surface area contributed by atoms with Gasteiger partial charge in [-0.1, -0.05) is 36.4 Å². The van der Waals surface area contributed by atoms with Crippen LogP contribution in [0.3, 0.4) is 0 Å². The predicted molar refractivity (Wildman–Crippen MR) is 126 cm³/mol. The number of nitrogens with zero attached hydrogens (tertiary/aromatic N) is 3. The van der Waals surface area contributed by atoms with E-state index < -0.39 is 29.8 Å². The Labute approximate surface area is 217 Å². The Morgan fingerprint density at radius 2 is 1.62 bits per heavy atom. The van der Waals surface area contributed by atoms with E-state index in [-0.39, 0.29) is 24.0 Å². The minimum Gasteiger partial charge on any atom is -0.426 e. The summed E-state index contributed by atoms with van der Waals surface area (Å²) in [5.41, 5.74) is 1.16. The van der Waals surface area contributed by atoms with Gasteiger partial charge in [0.25, 0.3) is 0 Å². The van der Waals surface area contributed by atoms with Crippen LogP contribution in [0.25, 0.3) is 17.1 Å². The summed E-state index contributed by atoms with van der Waals surface area (Å²) < 4.78 is 86.7. The van der Waals surface area contributed by atoms with Gasteiger partial charge in [-0.05, 0) is 60.2 Å². The molecule has 1 aromatic heterocycles. The van der Waals surface area contributed by atoms with Crippen LogP contribution in [-0.2, 0) is 11.0 Å². The van der Waals surface area contributed by atoms with Crippen LogP contribution in [0, 0.1) is 5.92 Å². The summed E-state index contributed by atoms with van der Waals surface area (Å²) in [5, 5.41) is 4.36. The molecule has 0 spiro atoms. The lowest BCUT2D eigenvalue weighted by Crippen LogP contribution is -2.17. The number of benzene rings is 3. The molecule has 1 aliphatic rings. The molecule has 1 aliphatic carbocycles. The van der Waals surface area contributed by atoms with Gasteiger partial charge in [0.1, 0.15) is 17.8 Å². The van der Waals surface area contributed by atoms with Crippen molar-refractivity contribution in [3.8, 4) is 28.6 Å². The molecule has 0 radical (unpaired) electrons. The van der Waals surface area contributed by atoms with E-state index in [0.717, 1.165) is 17.7 Å². The molecule has 6 nitrogen and oxygen atoms in total. The number of alkyl halides is 6. The normalized spacial score (nSPS) is 17.1. The van der Waals surface area contributed by atoms with Gasteiger partial charge in [-0.3, -0.25) is 4.79 Å². The number of hydrogen-bond donors (Lipinski definition) is 0. The maximum atomic E-state index is 13.1. The van der Waals surface area contributed by atoms with Crippen molar-refractivity contribution in [3.63, 3.8) is 0 Å². The van der Waals surface area contributed by atoms with Gasteiger partial charge in [0, 0.05) is 12.0 Å². The number of carbonyl (C=O) groups excluding carboxylic acids is 1. The first-order valence-electron chi connectivity index (χ1n) is 11.7. The zero-order valence-electron chi connectivity index (χ0n) is 19.9.